The van der Waals surface area contributed by atoms with Crippen LogP contribution in [0, 0.1) is 0 Å². The lowest BCUT2D eigenvalue weighted by Gasteiger charge is -2.34. The Kier molecular flexibility index (Phi) is 7.19. The van der Waals surface area contributed by atoms with Crippen molar-refractivity contribution in [1.29, 1.82) is 0 Å². The number of ether oxygens (including phenoxy) is 1. The molecule has 0 aliphatic carbocycles. The van der Waals surface area contributed by atoms with Crippen LogP contribution in [0.3, 0.4) is 0 Å². The van der Waals surface area contributed by atoms with Gasteiger partial charge in [0.1, 0.15) is 5.75 Å². The molecule has 3 heterocycles. The number of amides is 2. The van der Waals surface area contributed by atoms with E-state index in [1.165, 1.54) is 5.01 Å². The molecule has 1 fully saturated rings. The van der Waals surface area contributed by atoms with Gasteiger partial charge in [0.05, 0.1) is 17.3 Å². The first-order chi connectivity index (χ1) is 15.1. The van der Waals surface area contributed by atoms with Crippen molar-refractivity contribution in [3.8, 4) is 5.75 Å². The summed E-state index contributed by atoms with van der Waals surface area (Å²) in [5.41, 5.74) is 3.12. The fourth-order valence-corrected chi connectivity index (χ4v) is 4.73. The molecule has 1 aromatic heterocycles. The van der Waals surface area contributed by atoms with E-state index in [0.29, 0.717) is 25.9 Å². The molecule has 0 unspecified atom stereocenters. The minimum absolute atomic E-state index is 0.0641. The van der Waals surface area contributed by atoms with Crippen LogP contribution in [-0.2, 0) is 29.0 Å². The first-order valence-electron chi connectivity index (χ1n) is 11.1. The van der Waals surface area contributed by atoms with Crippen LogP contribution in [0.1, 0.15) is 42.5 Å². The third-order valence-electron chi connectivity index (χ3n) is 5.79. The summed E-state index contributed by atoms with van der Waals surface area (Å²) in [6.45, 7) is 6.87. The molecule has 2 aliphatic rings. The Morgan fingerprint density at radius 2 is 2.06 bits per heavy atom. The van der Waals surface area contributed by atoms with Crippen LogP contribution in [-0.4, -0.2) is 59.4 Å². The van der Waals surface area contributed by atoms with Crippen LogP contribution in [0.2, 0.25) is 0 Å². The van der Waals surface area contributed by atoms with Crippen LogP contribution in [0.4, 0.5) is 5.69 Å². The van der Waals surface area contributed by atoms with Crippen LogP contribution >= 0.6 is 11.3 Å². The fraction of sp³-hybridized carbons (Fsp3) is 0.522. The number of hydrogen-bond donors (Lipinski definition) is 1. The number of aryl methyl sites for hydroxylation is 2. The number of hydrogen-bond acceptors (Lipinski definition) is 6. The van der Waals surface area contributed by atoms with Gasteiger partial charge in [-0.1, -0.05) is 6.92 Å². The second kappa shape index (κ2) is 10.2. The molecular weight excluding hydrogens is 412 g/mol. The second-order valence-corrected chi connectivity index (χ2v) is 9.00. The number of carbonyl (C=O) groups is 2. The molecule has 0 saturated carbocycles. The summed E-state index contributed by atoms with van der Waals surface area (Å²) in [6, 6.07) is 5.75. The number of anilines is 1. The quantitative estimate of drug-likeness (QED) is 0.636. The summed E-state index contributed by atoms with van der Waals surface area (Å²) in [5, 5.41) is 6.21. The number of benzene rings is 1. The van der Waals surface area contributed by atoms with Crippen molar-refractivity contribution in [2.45, 2.75) is 45.6 Å². The smallest absolute Gasteiger partial charge is 0.224 e. The van der Waals surface area contributed by atoms with Gasteiger partial charge in [-0.15, -0.1) is 11.3 Å². The van der Waals surface area contributed by atoms with E-state index in [1.54, 1.807) is 11.3 Å². The monoisotopic (exact) mass is 442 g/mol. The molecule has 2 amide bonds. The van der Waals surface area contributed by atoms with Crippen LogP contribution in [0.15, 0.2) is 23.6 Å². The maximum absolute atomic E-state index is 12.5. The summed E-state index contributed by atoms with van der Waals surface area (Å²) in [4.78, 5) is 33.0. The van der Waals surface area contributed by atoms with Crippen LogP contribution in [0.25, 0.3) is 0 Å². The Labute approximate surface area is 187 Å². The van der Waals surface area contributed by atoms with E-state index in [-0.39, 0.29) is 11.8 Å². The van der Waals surface area contributed by atoms with Crippen molar-refractivity contribution in [3.05, 3.63) is 39.8 Å². The normalized spacial score (nSPS) is 16.7. The van der Waals surface area contributed by atoms with Gasteiger partial charge < -0.3 is 15.0 Å². The highest BCUT2D eigenvalue weighted by atomic mass is 32.1. The first-order valence-corrected chi connectivity index (χ1v) is 12.0. The predicted molar refractivity (Wildman–Crippen MR) is 121 cm³/mol. The number of fused-ring (bicyclic) bond motifs is 1. The van der Waals surface area contributed by atoms with E-state index in [4.69, 9.17) is 4.74 Å². The van der Waals surface area contributed by atoms with Crippen molar-refractivity contribution in [2.24, 2.45) is 0 Å². The molecule has 31 heavy (non-hydrogen) atoms. The molecule has 8 heteroatoms. The molecule has 0 spiro atoms. The lowest BCUT2D eigenvalue weighted by atomic mass is 10.0. The van der Waals surface area contributed by atoms with Crippen LogP contribution in [0.5, 0.6) is 5.75 Å². The molecule has 0 radical (unpaired) electrons. The van der Waals surface area contributed by atoms with Crippen molar-refractivity contribution >= 4 is 28.8 Å². The van der Waals surface area contributed by atoms with Gasteiger partial charge in [-0.2, -0.15) is 0 Å². The third-order valence-corrected chi connectivity index (χ3v) is 6.83. The number of thiazole rings is 1. The van der Waals surface area contributed by atoms with E-state index in [0.717, 1.165) is 68.3 Å². The molecule has 1 saturated heterocycles. The summed E-state index contributed by atoms with van der Waals surface area (Å²) in [7, 11) is 0. The highest BCUT2D eigenvalue weighted by Gasteiger charge is 2.21. The maximum atomic E-state index is 12.5. The zero-order valence-corrected chi connectivity index (χ0v) is 18.9. The number of nitrogens with zero attached hydrogens (tertiary/aromatic N) is 3. The van der Waals surface area contributed by atoms with E-state index in [9.17, 15) is 9.59 Å². The van der Waals surface area contributed by atoms with E-state index < -0.39 is 0 Å². The van der Waals surface area contributed by atoms with Crippen molar-refractivity contribution in [2.75, 3.05) is 38.1 Å². The first kappa shape index (κ1) is 21.8. The molecule has 2 aliphatic heterocycles. The van der Waals surface area contributed by atoms with Gasteiger partial charge in [0.25, 0.3) is 0 Å². The van der Waals surface area contributed by atoms with E-state index in [2.05, 4.69) is 27.5 Å². The summed E-state index contributed by atoms with van der Waals surface area (Å²) >= 11 is 1.73. The Bertz CT molecular complexity index is 921. The minimum atomic E-state index is 0.0641. The molecule has 1 aromatic carbocycles. The zero-order valence-electron chi connectivity index (χ0n) is 18.1. The SMILES string of the molecule is CCc1nc(CN2CCN(C(=O)CCCOc3ccc4c(c3)CCC(=O)N4)CC2)cs1. The van der Waals surface area contributed by atoms with Crippen molar-refractivity contribution in [3.63, 3.8) is 0 Å². The van der Waals surface area contributed by atoms with Crippen molar-refractivity contribution < 1.29 is 14.3 Å². The van der Waals surface area contributed by atoms with Gasteiger partial charge in [0.2, 0.25) is 11.8 Å². The third kappa shape index (κ3) is 5.83. The molecule has 4 rings (SSSR count). The molecule has 7 nitrogen and oxygen atoms in total. The minimum Gasteiger partial charge on any atom is -0.494 e. The average Bonchev–Trinajstić information content (AvgIpc) is 3.24. The highest BCUT2D eigenvalue weighted by molar-refractivity contribution is 7.09. The average molecular weight is 443 g/mol. The van der Waals surface area contributed by atoms with E-state index >= 15 is 0 Å². The number of carbonyl (C=O) groups excluding carboxylic acids is 2. The Hall–Kier alpha value is -2.45. The van der Waals surface area contributed by atoms with Gasteiger partial charge in [0.15, 0.2) is 0 Å². The fourth-order valence-electron chi connectivity index (χ4n) is 3.99. The van der Waals surface area contributed by atoms with Gasteiger partial charge in [-0.3, -0.25) is 14.5 Å². The van der Waals surface area contributed by atoms with Gasteiger partial charge in [-0.25, -0.2) is 4.98 Å². The van der Waals surface area contributed by atoms with Gasteiger partial charge in [0, 0.05) is 56.6 Å². The molecule has 0 atom stereocenters. The molecular formula is C23H30N4O3S. The molecule has 0 bridgehead atoms. The van der Waals surface area contributed by atoms with Gasteiger partial charge in [-0.05, 0) is 43.0 Å². The zero-order chi connectivity index (χ0) is 21.6. The number of piperazine rings is 1. The second-order valence-electron chi connectivity index (χ2n) is 8.06. The summed E-state index contributed by atoms with van der Waals surface area (Å²) in [6.07, 6.45) is 3.45. The Morgan fingerprint density at radius 1 is 1.23 bits per heavy atom. The largest absolute Gasteiger partial charge is 0.494 e. The topological polar surface area (TPSA) is 74.8 Å². The summed E-state index contributed by atoms with van der Waals surface area (Å²) in [5.74, 6) is 1.07. The van der Waals surface area contributed by atoms with Crippen molar-refractivity contribution in [1.82, 2.24) is 14.8 Å². The molecule has 166 valence electrons. The highest BCUT2D eigenvalue weighted by Crippen LogP contribution is 2.27. The number of rotatable bonds is 8. The van der Waals surface area contributed by atoms with Crippen LogP contribution < -0.4 is 10.1 Å². The molecule has 2 aromatic rings. The van der Waals surface area contributed by atoms with Gasteiger partial charge >= 0.3 is 0 Å². The lowest BCUT2D eigenvalue weighted by molar-refractivity contribution is -0.133. The predicted octanol–water partition coefficient (Wildman–Crippen LogP) is 3.09. The summed E-state index contributed by atoms with van der Waals surface area (Å²) < 4.78 is 5.83. The lowest BCUT2D eigenvalue weighted by Crippen LogP contribution is -2.48. The maximum Gasteiger partial charge on any atom is 0.224 e. The molecule has 1 N–H and O–H groups in total. The Morgan fingerprint density at radius 3 is 2.84 bits per heavy atom. The number of aromatic nitrogens is 1. The van der Waals surface area contributed by atoms with E-state index in [1.807, 2.05) is 23.1 Å². The standard InChI is InChI=1S/C23H30N4O3S/c1-2-22-24-18(16-31-22)15-26-9-11-27(12-10-26)23(29)4-3-13-30-19-6-7-20-17(14-19)5-8-21(28)25-20/h6-7,14,16H,2-5,8-13,15H2,1H3,(H,25,28). The number of nitrogens with one attached hydrogen (secondary N) is 1. The Balaban J connectivity index is 1.14.